The van der Waals surface area contributed by atoms with Gasteiger partial charge in [0, 0.05) is 32.3 Å². The van der Waals surface area contributed by atoms with E-state index in [9.17, 15) is 0 Å². The molecule has 1 aromatic rings. The van der Waals surface area contributed by atoms with Crippen molar-refractivity contribution in [2.45, 2.75) is 20.8 Å². The molecule has 0 bridgehead atoms. The smallest absolute Gasteiger partial charge is 0.135 e. The minimum atomic E-state index is 0.763. The molecule has 0 aliphatic carbocycles. The molecule has 0 spiro atoms. The lowest BCUT2D eigenvalue weighted by molar-refractivity contribution is 0.131. The van der Waals surface area contributed by atoms with E-state index < -0.39 is 0 Å². The number of anilines is 1. The molecule has 0 atom stereocenters. The van der Waals surface area contributed by atoms with Crippen LogP contribution in [0.5, 0.6) is 0 Å². The van der Waals surface area contributed by atoms with Gasteiger partial charge in [-0.3, -0.25) is 0 Å². The van der Waals surface area contributed by atoms with E-state index in [0.717, 1.165) is 29.4 Å². The number of allylic oxidation sites excluding steroid dienone is 1. The first-order valence-electron chi connectivity index (χ1n) is 5.64. The molecule has 0 amide bonds. The minimum absolute atomic E-state index is 0.763. The highest BCUT2D eigenvalue weighted by Gasteiger charge is 2.08. The minimum Gasteiger partial charge on any atom is -0.414 e. The third kappa shape index (κ3) is 3.42. The largest absolute Gasteiger partial charge is 0.414 e. The fourth-order valence-electron chi connectivity index (χ4n) is 1.52. The lowest BCUT2D eigenvalue weighted by Gasteiger charge is -2.18. The highest BCUT2D eigenvalue weighted by atomic mass is 16.6. The first-order valence-corrected chi connectivity index (χ1v) is 5.64. The highest BCUT2D eigenvalue weighted by molar-refractivity contribution is 5.58. The molecule has 1 rings (SSSR count). The molecule has 1 aromatic heterocycles. The van der Waals surface area contributed by atoms with Gasteiger partial charge in [0.05, 0.1) is 5.69 Å². The van der Waals surface area contributed by atoms with Crippen LogP contribution in [-0.4, -0.2) is 30.6 Å². The molecule has 5 heteroatoms. The Labute approximate surface area is 102 Å². The molecule has 0 radical (unpaired) electrons. The van der Waals surface area contributed by atoms with Crippen LogP contribution in [0, 0.1) is 6.92 Å². The summed E-state index contributed by atoms with van der Waals surface area (Å²) in [5.41, 5.74) is 4.56. The van der Waals surface area contributed by atoms with Crippen molar-refractivity contribution in [3.05, 3.63) is 23.3 Å². The maximum Gasteiger partial charge on any atom is 0.135 e. The van der Waals surface area contributed by atoms with Gasteiger partial charge >= 0.3 is 0 Å². The molecule has 0 unspecified atom stereocenters. The van der Waals surface area contributed by atoms with Gasteiger partial charge in [0.15, 0.2) is 0 Å². The summed E-state index contributed by atoms with van der Waals surface area (Å²) in [4.78, 5) is 15.8. The number of nitrogens with one attached hydrogen (secondary N) is 1. The molecule has 0 aromatic carbocycles. The van der Waals surface area contributed by atoms with Gasteiger partial charge in [-0.2, -0.15) is 5.48 Å². The lowest BCUT2D eigenvalue weighted by atomic mass is 10.2. The van der Waals surface area contributed by atoms with Crippen LogP contribution in [0.25, 0.3) is 6.08 Å². The molecule has 1 heterocycles. The topological polar surface area (TPSA) is 50.3 Å². The maximum absolute atomic E-state index is 5.16. The highest BCUT2D eigenvalue weighted by Crippen LogP contribution is 2.19. The van der Waals surface area contributed by atoms with Crippen molar-refractivity contribution in [2.24, 2.45) is 0 Å². The molecule has 0 aliphatic heterocycles. The van der Waals surface area contributed by atoms with Crippen molar-refractivity contribution >= 4 is 11.9 Å². The standard InChI is InChI=1S/C12H20N4O/c1-6-16(5)12-10(3)11(14-8-15-12)7-9(2)17-13-4/h7-8,13H,6H2,1-5H3/b9-7+. The molecule has 0 aliphatic rings. The van der Waals surface area contributed by atoms with E-state index in [0.29, 0.717) is 0 Å². The van der Waals surface area contributed by atoms with Gasteiger partial charge in [-0.05, 0) is 20.8 Å². The fraction of sp³-hybridized carbons (Fsp3) is 0.500. The van der Waals surface area contributed by atoms with Gasteiger partial charge in [0.2, 0.25) is 0 Å². The molecule has 0 fully saturated rings. The van der Waals surface area contributed by atoms with Crippen molar-refractivity contribution in [2.75, 3.05) is 25.5 Å². The number of hydrogen-bond acceptors (Lipinski definition) is 5. The van der Waals surface area contributed by atoms with Crippen LogP contribution in [0.15, 0.2) is 12.1 Å². The summed E-state index contributed by atoms with van der Waals surface area (Å²) in [6.07, 6.45) is 3.47. The van der Waals surface area contributed by atoms with Crippen molar-refractivity contribution in [1.29, 1.82) is 0 Å². The van der Waals surface area contributed by atoms with Gasteiger partial charge in [0.25, 0.3) is 0 Å². The number of hydrogen-bond donors (Lipinski definition) is 1. The Morgan fingerprint density at radius 2 is 2.24 bits per heavy atom. The third-order valence-corrected chi connectivity index (χ3v) is 2.54. The van der Waals surface area contributed by atoms with Crippen molar-refractivity contribution < 1.29 is 4.84 Å². The molecule has 5 nitrogen and oxygen atoms in total. The molecular weight excluding hydrogens is 216 g/mol. The summed E-state index contributed by atoms with van der Waals surface area (Å²) >= 11 is 0. The monoisotopic (exact) mass is 236 g/mol. The van der Waals surface area contributed by atoms with Crippen LogP contribution < -0.4 is 10.4 Å². The molecular formula is C12H20N4O. The molecule has 17 heavy (non-hydrogen) atoms. The molecule has 0 saturated heterocycles. The summed E-state index contributed by atoms with van der Waals surface area (Å²) in [6, 6.07) is 0. The van der Waals surface area contributed by atoms with Crippen molar-refractivity contribution in [1.82, 2.24) is 15.4 Å². The zero-order valence-corrected chi connectivity index (χ0v) is 11.1. The zero-order valence-electron chi connectivity index (χ0n) is 11.1. The van der Waals surface area contributed by atoms with Crippen LogP contribution in [0.4, 0.5) is 5.82 Å². The Bertz CT molecular complexity index is 403. The predicted molar refractivity (Wildman–Crippen MR) is 69.5 cm³/mol. The third-order valence-electron chi connectivity index (χ3n) is 2.54. The van der Waals surface area contributed by atoms with Crippen LogP contribution in [-0.2, 0) is 4.84 Å². The Balaban J connectivity index is 3.06. The lowest BCUT2D eigenvalue weighted by Crippen LogP contribution is -2.19. The normalized spacial score (nSPS) is 11.5. The second-order valence-electron chi connectivity index (χ2n) is 3.78. The Kier molecular flexibility index (Phi) is 4.90. The van der Waals surface area contributed by atoms with E-state index in [1.54, 1.807) is 13.4 Å². The first-order chi connectivity index (χ1) is 8.10. The van der Waals surface area contributed by atoms with E-state index in [4.69, 9.17) is 4.84 Å². The Hall–Kier alpha value is -1.62. The van der Waals surface area contributed by atoms with E-state index >= 15 is 0 Å². The number of nitrogens with zero attached hydrogens (tertiary/aromatic N) is 3. The summed E-state index contributed by atoms with van der Waals surface area (Å²) in [5, 5.41) is 0. The van der Waals surface area contributed by atoms with Gasteiger partial charge in [-0.25, -0.2) is 9.97 Å². The maximum atomic E-state index is 5.16. The molecule has 0 saturated carbocycles. The summed E-state index contributed by atoms with van der Waals surface area (Å²) in [6.45, 7) is 6.89. The average Bonchev–Trinajstić information content (AvgIpc) is 2.31. The summed E-state index contributed by atoms with van der Waals surface area (Å²) in [5.74, 6) is 1.71. The fourth-order valence-corrected chi connectivity index (χ4v) is 1.52. The number of aromatic nitrogens is 2. The molecule has 94 valence electrons. The van der Waals surface area contributed by atoms with Gasteiger partial charge in [0.1, 0.15) is 17.9 Å². The van der Waals surface area contributed by atoms with E-state index in [1.165, 1.54) is 0 Å². The summed E-state index contributed by atoms with van der Waals surface area (Å²) in [7, 11) is 3.74. The van der Waals surface area contributed by atoms with Crippen LogP contribution in [0.3, 0.4) is 0 Å². The Morgan fingerprint density at radius 3 is 2.82 bits per heavy atom. The van der Waals surface area contributed by atoms with Gasteiger partial charge in [-0.1, -0.05) is 0 Å². The van der Waals surface area contributed by atoms with Crippen molar-refractivity contribution in [3.63, 3.8) is 0 Å². The Morgan fingerprint density at radius 1 is 1.53 bits per heavy atom. The number of hydroxylamine groups is 1. The second kappa shape index (κ2) is 6.20. The van der Waals surface area contributed by atoms with Gasteiger partial charge in [-0.15, -0.1) is 0 Å². The van der Waals surface area contributed by atoms with E-state index in [2.05, 4.69) is 27.3 Å². The SMILES string of the molecule is CCN(C)c1ncnc(/C=C(\C)ONC)c1C. The molecule has 1 N–H and O–H groups in total. The second-order valence-corrected chi connectivity index (χ2v) is 3.78. The van der Waals surface area contributed by atoms with Crippen LogP contribution >= 0.6 is 0 Å². The average molecular weight is 236 g/mol. The zero-order chi connectivity index (χ0) is 12.8. The van der Waals surface area contributed by atoms with Crippen molar-refractivity contribution in [3.8, 4) is 0 Å². The first kappa shape index (κ1) is 13.4. The van der Waals surface area contributed by atoms with E-state index in [-0.39, 0.29) is 0 Å². The number of rotatable bonds is 5. The van der Waals surface area contributed by atoms with Gasteiger partial charge < -0.3 is 9.74 Å². The van der Waals surface area contributed by atoms with E-state index in [1.807, 2.05) is 27.0 Å². The quantitative estimate of drug-likeness (QED) is 0.623. The summed E-state index contributed by atoms with van der Waals surface area (Å²) < 4.78 is 0. The predicted octanol–water partition coefficient (Wildman–Crippen LogP) is 1.75. The van der Waals surface area contributed by atoms with Crippen LogP contribution in [0.1, 0.15) is 25.1 Å². The van der Waals surface area contributed by atoms with Crippen LogP contribution in [0.2, 0.25) is 0 Å².